The summed E-state index contributed by atoms with van der Waals surface area (Å²) >= 11 is 5.69. The van der Waals surface area contributed by atoms with E-state index < -0.39 is 0 Å². The second-order valence-electron chi connectivity index (χ2n) is 3.96. The zero-order chi connectivity index (χ0) is 14.4. The number of anilines is 1. The average molecular weight is 290 g/mol. The van der Waals surface area contributed by atoms with Crippen molar-refractivity contribution in [3.05, 3.63) is 59.2 Å². The van der Waals surface area contributed by atoms with Crippen molar-refractivity contribution in [3.8, 4) is 0 Å². The van der Waals surface area contributed by atoms with Gasteiger partial charge in [0.05, 0.1) is 11.6 Å². The predicted molar refractivity (Wildman–Crippen MR) is 76.7 cm³/mol. The Morgan fingerprint density at radius 3 is 2.50 bits per heavy atom. The summed E-state index contributed by atoms with van der Waals surface area (Å²) in [5.41, 5.74) is 0.505. The molecule has 1 heterocycles. The standard InChI is InChI=1S/C14H12ClN3O2/c15-11-6-7-12(16-8-11)18-13(19)9-17-14(20)10-4-2-1-3-5-10/h1-8H,9H2,(H,17,20)(H,16,18,19). The van der Waals surface area contributed by atoms with Gasteiger partial charge >= 0.3 is 0 Å². The lowest BCUT2D eigenvalue weighted by atomic mass is 10.2. The molecule has 0 fully saturated rings. The monoisotopic (exact) mass is 289 g/mol. The van der Waals surface area contributed by atoms with Gasteiger partial charge in [0.2, 0.25) is 5.91 Å². The highest BCUT2D eigenvalue weighted by atomic mass is 35.5. The molecule has 0 unspecified atom stereocenters. The number of nitrogens with zero attached hydrogens (tertiary/aromatic N) is 1. The van der Waals surface area contributed by atoms with Gasteiger partial charge in [-0.1, -0.05) is 29.8 Å². The molecule has 2 N–H and O–H groups in total. The molecular formula is C14H12ClN3O2. The van der Waals surface area contributed by atoms with E-state index in [4.69, 9.17) is 11.6 Å². The van der Waals surface area contributed by atoms with Crippen LogP contribution in [0, 0.1) is 0 Å². The van der Waals surface area contributed by atoms with Crippen molar-refractivity contribution >= 4 is 29.2 Å². The van der Waals surface area contributed by atoms with E-state index in [0.717, 1.165) is 0 Å². The Morgan fingerprint density at radius 1 is 1.10 bits per heavy atom. The minimum atomic E-state index is -0.357. The molecule has 0 aliphatic carbocycles. The van der Waals surface area contributed by atoms with Gasteiger partial charge in [-0.2, -0.15) is 0 Å². The highest BCUT2D eigenvalue weighted by Crippen LogP contribution is 2.09. The minimum absolute atomic E-state index is 0.127. The molecule has 6 heteroatoms. The van der Waals surface area contributed by atoms with Crippen molar-refractivity contribution in [3.63, 3.8) is 0 Å². The summed E-state index contributed by atoms with van der Waals surface area (Å²) in [5, 5.41) is 5.56. The van der Waals surface area contributed by atoms with Crippen LogP contribution in [0.3, 0.4) is 0 Å². The van der Waals surface area contributed by atoms with E-state index >= 15 is 0 Å². The van der Waals surface area contributed by atoms with Gasteiger partial charge < -0.3 is 10.6 Å². The molecule has 2 rings (SSSR count). The molecule has 5 nitrogen and oxygen atoms in total. The molecule has 20 heavy (non-hydrogen) atoms. The van der Waals surface area contributed by atoms with Crippen LogP contribution in [0.1, 0.15) is 10.4 Å². The first-order chi connectivity index (χ1) is 9.65. The average Bonchev–Trinajstić information content (AvgIpc) is 2.48. The van der Waals surface area contributed by atoms with Crippen molar-refractivity contribution in [2.75, 3.05) is 11.9 Å². The predicted octanol–water partition coefficient (Wildman–Crippen LogP) is 2.10. The van der Waals surface area contributed by atoms with Crippen molar-refractivity contribution in [1.82, 2.24) is 10.3 Å². The molecule has 0 aliphatic heterocycles. The minimum Gasteiger partial charge on any atom is -0.343 e. The molecule has 0 bridgehead atoms. The Labute approximate surface area is 121 Å². The summed E-state index contributed by atoms with van der Waals surface area (Å²) in [6, 6.07) is 11.9. The van der Waals surface area contributed by atoms with Crippen LogP contribution in [-0.2, 0) is 4.79 Å². The molecule has 0 radical (unpaired) electrons. The molecule has 1 aromatic carbocycles. The summed E-state index contributed by atoms with van der Waals surface area (Å²) in [7, 11) is 0. The lowest BCUT2D eigenvalue weighted by molar-refractivity contribution is -0.115. The first kappa shape index (κ1) is 14.0. The van der Waals surface area contributed by atoms with Crippen LogP contribution < -0.4 is 10.6 Å². The number of hydrogen-bond acceptors (Lipinski definition) is 3. The van der Waals surface area contributed by atoms with Gasteiger partial charge in [-0.15, -0.1) is 0 Å². The van der Waals surface area contributed by atoms with E-state index in [2.05, 4.69) is 15.6 Å². The lowest BCUT2D eigenvalue weighted by Gasteiger charge is -2.06. The zero-order valence-corrected chi connectivity index (χ0v) is 11.2. The Bertz CT molecular complexity index is 600. The number of hydrogen-bond donors (Lipinski definition) is 2. The summed E-state index contributed by atoms with van der Waals surface area (Å²) in [4.78, 5) is 27.3. The molecule has 0 atom stereocenters. The maximum absolute atomic E-state index is 11.7. The number of benzene rings is 1. The van der Waals surface area contributed by atoms with Crippen LogP contribution in [0.5, 0.6) is 0 Å². The second-order valence-corrected chi connectivity index (χ2v) is 4.39. The third kappa shape index (κ3) is 4.07. The first-order valence-electron chi connectivity index (χ1n) is 5.90. The van der Waals surface area contributed by atoms with Crippen molar-refractivity contribution < 1.29 is 9.59 Å². The van der Waals surface area contributed by atoms with Crippen LogP contribution in [0.15, 0.2) is 48.7 Å². The third-order valence-corrected chi connectivity index (χ3v) is 2.66. The number of amides is 2. The second kappa shape index (κ2) is 6.68. The zero-order valence-electron chi connectivity index (χ0n) is 10.5. The van der Waals surface area contributed by atoms with E-state index in [0.29, 0.717) is 16.4 Å². The number of rotatable bonds is 4. The summed E-state index contributed by atoms with van der Waals surface area (Å²) in [6.07, 6.45) is 1.43. The van der Waals surface area contributed by atoms with E-state index in [1.54, 1.807) is 36.4 Å². The van der Waals surface area contributed by atoms with E-state index in [9.17, 15) is 9.59 Å². The molecule has 2 aromatic rings. The fraction of sp³-hybridized carbons (Fsp3) is 0.0714. The molecule has 0 saturated carbocycles. The van der Waals surface area contributed by atoms with E-state index in [-0.39, 0.29) is 18.4 Å². The van der Waals surface area contributed by atoms with Crippen LogP contribution in [0.2, 0.25) is 5.02 Å². The Morgan fingerprint density at radius 2 is 1.85 bits per heavy atom. The van der Waals surface area contributed by atoms with E-state index in [1.807, 2.05) is 6.07 Å². The van der Waals surface area contributed by atoms with Gasteiger partial charge in [0, 0.05) is 11.8 Å². The number of carbonyl (C=O) groups is 2. The number of pyridine rings is 1. The van der Waals surface area contributed by atoms with Crippen molar-refractivity contribution in [2.45, 2.75) is 0 Å². The van der Waals surface area contributed by atoms with Crippen molar-refractivity contribution in [2.24, 2.45) is 0 Å². The topological polar surface area (TPSA) is 71.1 Å². The molecular weight excluding hydrogens is 278 g/mol. The normalized spacial score (nSPS) is 9.85. The number of aromatic nitrogens is 1. The molecule has 0 aliphatic rings. The fourth-order valence-corrected chi connectivity index (χ4v) is 1.60. The highest BCUT2D eigenvalue weighted by molar-refractivity contribution is 6.30. The van der Waals surface area contributed by atoms with Gasteiger partial charge in [-0.3, -0.25) is 9.59 Å². The quantitative estimate of drug-likeness (QED) is 0.905. The van der Waals surface area contributed by atoms with Gasteiger partial charge in [0.15, 0.2) is 0 Å². The maximum Gasteiger partial charge on any atom is 0.251 e. The number of halogens is 1. The van der Waals surface area contributed by atoms with Crippen LogP contribution in [0.4, 0.5) is 5.82 Å². The van der Waals surface area contributed by atoms with Gasteiger partial charge in [-0.25, -0.2) is 4.98 Å². The summed E-state index contributed by atoms with van der Waals surface area (Å²) < 4.78 is 0. The first-order valence-corrected chi connectivity index (χ1v) is 6.27. The summed E-state index contributed by atoms with van der Waals surface area (Å²) in [6.45, 7) is -0.127. The summed E-state index contributed by atoms with van der Waals surface area (Å²) in [5.74, 6) is -0.276. The largest absolute Gasteiger partial charge is 0.343 e. The van der Waals surface area contributed by atoms with Gasteiger partial charge in [-0.05, 0) is 24.3 Å². The molecule has 0 saturated heterocycles. The molecule has 2 amide bonds. The van der Waals surface area contributed by atoms with E-state index in [1.165, 1.54) is 6.20 Å². The SMILES string of the molecule is O=C(CNC(=O)c1ccccc1)Nc1ccc(Cl)cn1. The third-order valence-electron chi connectivity index (χ3n) is 2.44. The smallest absolute Gasteiger partial charge is 0.251 e. The molecule has 0 spiro atoms. The Balaban J connectivity index is 1.83. The molecule has 102 valence electrons. The maximum atomic E-state index is 11.7. The van der Waals surface area contributed by atoms with Crippen LogP contribution in [-0.4, -0.2) is 23.3 Å². The number of nitrogens with one attached hydrogen (secondary N) is 2. The van der Waals surface area contributed by atoms with Crippen LogP contribution in [0.25, 0.3) is 0 Å². The number of carbonyl (C=O) groups excluding carboxylic acids is 2. The molecule has 1 aromatic heterocycles. The van der Waals surface area contributed by atoms with Gasteiger partial charge in [0.1, 0.15) is 5.82 Å². The Hall–Kier alpha value is -2.40. The highest BCUT2D eigenvalue weighted by Gasteiger charge is 2.07. The lowest BCUT2D eigenvalue weighted by Crippen LogP contribution is -2.32. The van der Waals surface area contributed by atoms with Gasteiger partial charge in [0.25, 0.3) is 5.91 Å². The fourth-order valence-electron chi connectivity index (χ4n) is 1.49. The van der Waals surface area contributed by atoms with Crippen molar-refractivity contribution in [1.29, 1.82) is 0 Å². The Kier molecular flexibility index (Phi) is 4.68. The van der Waals surface area contributed by atoms with Crippen LogP contribution >= 0.6 is 11.6 Å².